The Kier molecular flexibility index (Phi) is 11.5. The van der Waals surface area contributed by atoms with E-state index in [1.54, 1.807) is 46.3 Å². The van der Waals surface area contributed by atoms with Crippen molar-refractivity contribution in [3.63, 3.8) is 0 Å². The lowest BCUT2D eigenvalue weighted by molar-refractivity contribution is -0.222. The Morgan fingerprint density at radius 3 is 2.12 bits per heavy atom. The molecule has 0 atom stereocenters. The van der Waals surface area contributed by atoms with Crippen molar-refractivity contribution >= 4 is 17.6 Å². The molecular formula is C33H46N2O6. The average Bonchev–Trinajstić information content (AvgIpc) is 2.91. The summed E-state index contributed by atoms with van der Waals surface area (Å²) >= 11 is 0. The average molecular weight is 567 g/mol. The number of benzene rings is 2. The highest BCUT2D eigenvalue weighted by molar-refractivity contribution is 6.16. The van der Waals surface area contributed by atoms with E-state index in [1.807, 2.05) is 4.90 Å². The smallest absolute Gasteiger partial charge is 0.352 e. The van der Waals surface area contributed by atoms with E-state index in [-0.39, 0.29) is 5.57 Å². The molecule has 41 heavy (non-hydrogen) atoms. The van der Waals surface area contributed by atoms with Crippen LogP contribution in [0.2, 0.25) is 0 Å². The number of rotatable bonds is 15. The normalized spacial score (nSPS) is 14.4. The zero-order chi connectivity index (χ0) is 30.0. The summed E-state index contributed by atoms with van der Waals surface area (Å²) in [6.07, 6.45) is 6.36. The lowest BCUT2D eigenvalue weighted by Crippen LogP contribution is -2.44. The predicted octanol–water partition coefficient (Wildman–Crippen LogP) is 6.83. The molecule has 2 aromatic carbocycles. The quantitative estimate of drug-likeness (QED) is 0.109. The largest absolute Gasteiger partial charge is 0.497 e. The van der Waals surface area contributed by atoms with Gasteiger partial charge < -0.3 is 29.2 Å². The standard InChI is InChI=1S/C33H46N2O6/c1-8-9-10-11-12-19-35(22-25-15-13-24(14-16-25)20-23(2)3)30(29-31(36)40-33(4,5)41-32(29)37)34-27-18-17-26(38-6)21-28(27)39-7/h13-18,21,23,34H,8-12,19-20,22H2,1-7H3. The first-order valence-electron chi connectivity index (χ1n) is 14.6. The Balaban J connectivity index is 2.06. The van der Waals surface area contributed by atoms with Gasteiger partial charge in [-0.3, -0.25) is 0 Å². The van der Waals surface area contributed by atoms with Crippen LogP contribution in [0.1, 0.15) is 77.8 Å². The number of carbonyl (C=O) groups excluding carboxylic acids is 2. The van der Waals surface area contributed by atoms with Crippen LogP contribution in [0.25, 0.3) is 0 Å². The van der Waals surface area contributed by atoms with Crippen molar-refractivity contribution in [2.24, 2.45) is 5.92 Å². The first-order chi connectivity index (χ1) is 19.6. The number of anilines is 1. The zero-order valence-corrected chi connectivity index (χ0v) is 25.7. The molecule has 1 N–H and O–H groups in total. The van der Waals surface area contributed by atoms with E-state index in [2.05, 4.69) is 50.4 Å². The SMILES string of the molecule is CCCCCCCN(Cc1ccc(CC(C)C)cc1)C(Nc1ccc(OC)cc1OC)=C1C(=O)OC(C)(C)OC1=O. The molecule has 0 radical (unpaired) electrons. The van der Waals surface area contributed by atoms with Gasteiger partial charge in [0.2, 0.25) is 0 Å². The molecule has 8 nitrogen and oxygen atoms in total. The van der Waals surface area contributed by atoms with Crippen LogP contribution >= 0.6 is 0 Å². The van der Waals surface area contributed by atoms with E-state index >= 15 is 0 Å². The number of hydrogen-bond donors (Lipinski definition) is 1. The number of hydrogen-bond acceptors (Lipinski definition) is 8. The van der Waals surface area contributed by atoms with E-state index < -0.39 is 17.7 Å². The number of ether oxygens (including phenoxy) is 4. The summed E-state index contributed by atoms with van der Waals surface area (Å²) in [5, 5.41) is 3.34. The minimum Gasteiger partial charge on any atom is -0.497 e. The zero-order valence-electron chi connectivity index (χ0n) is 25.7. The molecule has 0 bridgehead atoms. The summed E-state index contributed by atoms with van der Waals surface area (Å²) < 4.78 is 22.0. The molecule has 0 spiro atoms. The lowest BCUT2D eigenvalue weighted by atomic mass is 10.0. The summed E-state index contributed by atoms with van der Waals surface area (Å²) in [5.41, 5.74) is 2.73. The van der Waals surface area contributed by atoms with E-state index in [1.165, 1.54) is 12.0 Å². The Bertz CT molecular complexity index is 1180. The molecule has 2 aromatic rings. The van der Waals surface area contributed by atoms with E-state index in [4.69, 9.17) is 18.9 Å². The van der Waals surface area contributed by atoms with Crippen LogP contribution in [0, 0.1) is 5.92 Å². The molecule has 1 aliphatic heterocycles. The summed E-state index contributed by atoms with van der Waals surface area (Å²) in [6, 6.07) is 13.8. The monoisotopic (exact) mass is 566 g/mol. The van der Waals surface area contributed by atoms with Crippen molar-refractivity contribution in [3.05, 3.63) is 65.0 Å². The predicted molar refractivity (Wildman–Crippen MR) is 161 cm³/mol. The molecular weight excluding hydrogens is 520 g/mol. The second-order valence-electron chi connectivity index (χ2n) is 11.3. The van der Waals surface area contributed by atoms with Crippen molar-refractivity contribution in [2.75, 3.05) is 26.1 Å². The molecule has 0 aliphatic carbocycles. The molecule has 224 valence electrons. The Labute approximate surface area is 245 Å². The van der Waals surface area contributed by atoms with Crippen molar-refractivity contribution in [1.82, 2.24) is 4.90 Å². The Hall–Kier alpha value is -3.68. The fourth-order valence-corrected chi connectivity index (χ4v) is 4.82. The topological polar surface area (TPSA) is 86.3 Å². The van der Waals surface area contributed by atoms with Gasteiger partial charge in [0.15, 0.2) is 5.57 Å². The molecule has 1 aliphatic rings. The Morgan fingerprint density at radius 2 is 1.54 bits per heavy atom. The molecule has 1 saturated heterocycles. The summed E-state index contributed by atoms with van der Waals surface area (Å²) in [5.74, 6) is -0.809. The van der Waals surface area contributed by atoms with Crippen LogP contribution in [0.3, 0.4) is 0 Å². The van der Waals surface area contributed by atoms with Crippen LogP contribution < -0.4 is 14.8 Å². The van der Waals surface area contributed by atoms with Gasteiger partial charge in [-0.1, -0.05) is 70.7 Å². The third-order valence-corrected chi connectivity index (χ3v) is 6.87. The highest BCUT2D eigenvalue weighted by atomic mass is 16.7. The highest BCUT2D eigenvalue weighted by Crippen LogP contribution is 2.33. The van der Waals surface area contributed by atoms with E-state index in [0.29, 0.717) is 42.0 Å². The van der Waals surface area contributed by atoms with Gasteiger partial charge in [0.05, 0.1) is 19.9 Å². The molecule has 1 heterocycles. The molecule has 1 fully saturated rings. The molecule has 0 aromatic heterocycles. The van der Waals surface area contributed by atoms with E-state index in [9.17, 15) is 9.59 Å². The molecule has 0 amide bonds. The second kappa shape index (κ2) is 14.8. The van der Waals surface area contributed by atoms with Crippen molar-refractivity contribution in [2.45, 2.75) is 85.5 Å². The minimum absolute atomic E-state index is 0.174. The third-order valence-electron chi connectivity index (χ3n) is 6.87. The number of carbonyl (C=O) groups is 2. The highest BCUT2D eigenvalue weighted by Gasteiger charge is 2.42. The first kappa shape index (κ1) is 31.8. The van der Waals surface area contributed by atoms with Gasteiger partial charge in [-0.25, -0.2) is 9.59 Å². The van der Waals surface area contributed by atoms with Gasteiger partial charge in [-0.2, -0.15) is 0 Å². The third kappa shape index (κ3) is 9.17. The van der Waals surface area contributed by atoms with Crippen molar-refractivity contribution < 1.29 is 28.5 Å². The summed E-state index contributed by atoms with van der Waals surface area (Å²) in [4.78, 5) is 28.7. The van der Waals surface area contributed by atoms with Crippen LogP contribution in [0.15, 0.2) is 53.9 Å². The maximum atomic E-state index is 13.3. The van der Waals surface area contributed by atoms with Crippen LogP contribution in [-0.2, 0) is 32.0 Å². The van der Waals surface area contributed by atoms with Gasteiger partial charge in [-0.05, 0) is 42.0 Å². The molecule has 0 saturated carbocycles. The van der Waals surface area contributed by atoms with Crippen molar-refractivity contribution in [3.8, 4) is 11.5 Å². The maximum Gasteiger partial charge on any atom is 0.352 e. The van der Waals surface area contributed by atoms with Crippen LogP contribution in [0.5, 0.6) is 11.5 Å². The van der Waals surface area contributed by atoms with Crippen molar-refractivity contribution in [1.29, 1.82) is 0 Å². The number of nitrogens with zero attached hydrogens (tertiary/aromatic N) is 1. The molecule has 0 unspecified atom stereocenters. The maximum absolute atomic E-state index is 13.3. The lowest BCUT2D eigenvalue weighted by Gasteiger charge is -2.34. The molecule has 3 rings (SSSR count). The fourth-order valence-electron chi connectivity index (χ4n) is 4.82. The minimum atomic E-state index is -1.35. The fraction of sp³-hybridized carbons (Fsp3) is 0.515. The number of methoxy groups -OCH3 is 2. The Morgan fingerprint density at radius 1 is 0.902 bits per heavy atom. The van der Waals surface area contributed by atoms with Crippen LogP contribution in [-0.4, -0.2) is 43.4 Å². The van der Waals surface area contributed by atoms with Gasteiger partial charge >= 0.3 is 11.9 Å². The van der Waals surface area contributed by atoms with Gasteiger partial charge in [-0.15, -0.1) is 0 Å². The van der Waals surface area contributed by atoms with Gasteiger partial charge in [0.1, 0.15) is 17.3 Å². The number of nitrogens with one attached hydrogen (secondary N) is 1. The van der Waals surface area contributed by atoms with Gasteiger partial charge in [0.25, 0.3) is 5.79 Å². The van der Waals surface area contributed by atoms with Gasteiger partial charge in [0, 0.05) is 33.0 Å². The van der Waals surface area contributed by atoms with Crippen LogP contribution in [0.4, 0.5) is 5.69 Å². The summed E-state index contributed by atoms with van der Waals surface area (Å²) in [6.45, 7) is 10.8. The molecule has 8 heteroatoms. The number of cyclic esters (lactones) is 2. The number of unbranched alkanes of at least 4 members (excludes halogenated alkanes) is 4. The second-order valence-corrected chi connectivity index (χ2v) is 11.3. The number of esters is 2. The van der Waals surface area contributed by atoms with E-state index in [0.717, 1.165) is 37.7 Å². The first-order valence-corrected chi connectivity index (χ1v) is 14.6. The summed E-state index contributed by atoms with van der Waals surface area (Å²) in [7, 11) is 3.14.